The molecule has 8 heteroatoms. The maximum absolute atomic E-state index is 13.0. The first-order valence-corrected chi connectivity index (χ1v) is 9.60. The van der Waals surface area contributed by atoms with E-state index in [1.807, 2.05) is 17.0 Å². The van der Waals surface area contributed by atoms with Crippen LogP contribution < -0.4 is 16.2 Å². The predicted molar refractivity (Wildman–Crippen MR) is 107 cm³/mol. The maximum Gasteiger partial charge on any atom is 0.261 e. The second-order valence-corrected chi connectivity index (χ2v) is 7.37. The van der Waals surface area contributed by atoms with E-state index in [2.05, 4.69) is 25.6 Å². The Bertz CT molecular complexity index is 1130. The number of aromatic nitrogens is 3. The normalized spacial score (nSPS) is 17.3. The van der Waals surface area contributed by atoms with Crippen molar-refractivity contribution in [1.29, 1.82) is 0 Å². The fourth-order valence-electron chi connectivity index (χ4n) is 4.29. The third-order valence-electron chi connectivity index (χ3n) is 5.76. The molecule has 0 radical (unpaired) electrons. The molecule has 1 amide bonds. The zero-order valence-corrected chi connectivity index (χ0v) is 15.6. The van der Waals surface area contributed by atoms with Gasteiger partial charge in [-0.1, -0.05) is 0 Å². The number of rotatable bonds is 3. The smallest absolute Gasteiger partial charge is 0.261 e. The molecule has 1 saturated heterocycles. The Labute approximate surface area is 161 Å². The van der Waals surface area contributed by atoms with Gasteiger partial charge >= 0.3 is 0 Å². The summed E-state index contributed by atoms with van der Waals surface area (Å²) >= 11 is 0. The molecular formula is C20H22N6O2. The molecule has 4 heterocycles. The molecule has 0 unspecified atom stereocenters. The summed E-state index contributed by atoms with van der Waals surface area (Å²) in [5.41, 5.74) is 4.21. The largest absolute Gasteiger partial charge is 0.387 e. The molecule has 2 aliphatic rings. The minimum atomic E-state index is -0.216. The van der Waals surface area contributed by atoms with E-state index in [1.165, 1.54) is 0 Å². The number of hydrogen-bond acceptors (Lipinski definition) is 5. The van der Waals surface area contributed by atoms with Gasteiger partial charge in [-0.3, -0.25) is 9.59 Å². The highest BCUT2D eigenvalue weighted by atomic mass is 16.2. The topological polar surface area (TPSA) is 106 Å². The Hall–Kier alpha value is -3.13. The summed E-state index contributed by atoms with van der Waals surface area (Å²) in [5, 5.41) is 6.37. The maximum atomic E-state index is 13.0. The minimum Gasteiger partial charge on any atom is -0.387 e. The standard InChI is InChI=1S/C20H22N6O2/c1-21-14-4-7-23-19(27)17(14)18-24-15-8-11-10-26(12-2-5-22-6-3-12)20(28)13(11)9-16(15)25-18/h4,7-9,12,22H,2-3,5-6,10H2,1H3,(H,24,25)(H2,21,23,27). The fourth-order valence-corrected chi connectivity index (χ4v) is 4.29. The van der Waals surface area contributed by atoms with Gasteiger partial charge in [0, 0.05) is 31.4 Å². The number of carbonyl (C=O) groups excluding carboxylic acids is 1. The van der Waals surface area contributed by atoms with Gasteiger partial charge in [-0.15, -0.1) is 0 Å². The van der Waals surface area contributed by atoms with Gasteiger partial charge in [0.25, 0.3) is 11.5 Å². The van der Waals surface area contributed by atoms with Gasteiger partial charge < -0.3 is 25.5 Å². The van der Waals surface area contributed by atoms with E-state index in [4.69, 9.17) is 0 Å². The van der Waals surface area contributed by atoms with Crippen molar-refractivity contribution in [2.24, 2.45) is 0 Å². The van der Waals surface area contributed by atoms with Crippen LogP contribution in [0.4, 0.5) is 5.69 Å². The molecule has 8 nitrogen and oxygen atoms in total. The average molecular weight is 378 g/mol. The van der Waals surface area contributed by atoms with Crippen molar-refractivity contribution < 1.29 is 4.79 Å². The highest BCUT2D eigenvalue weighted by Gasteiger charge is 2.34. The number of amides is 1. The van der Waals surface area contributed by atoms with Crippen LogP contribution in [0.1, 0.15) is 28.8 Å². The average Bonchev–Trinajstić information content (AvgIpc) is 3.27. The molecule has 0 aliphatic carbocycles. The number of nitrogens with zero attached hydrogens (tertiary/aromatic N) is 2. The lowest BCUT2D eigenvalue weighted by Gasteiger charge is -2.31. The molecule has 3 aromatic rings. The summed E-state index contributed by atoms with van der Waals surface area (Å²) < 4.78 is 0. The van der Waals surface area contributed by atoms with E-state index >= 15 is 0 Å². The SMILES string of the molecule is CNc1cc[nH]c(=O)c1-c1nc2cc3c(cc2[nH]1)C(=O)N(C1CCNCC1)C3. The lowest BCUT2D eigenvalue weighted by atomic mass is 10.1. The van der Waals surface area contributed by atoms with E-state index in [1.54, 1.807) is 19.3 Å². The molecule has 144 valence electrons. The first-order chi connectivity index (χ1) is 13.7. The van der Waals surface area contributed by atoms with Crippen LogP contribution in [0.25, 0.3) is 22.4 Å². The molecular weight excluding hydrogens is 356 g/mol. The van der Waals surface area contributed by atoms with Crippen LogP contribution in [0.5, 0.6) is 0 Å². The zero-order valence-electron chi connectivity index (χ0n) is 15.6. The Morgan fingerprint density at radius 2 is 2.04 bits per heavy atom. The molecule has 4 N–H and O–H groups in total. The van der Waals surface area contributed by atoms with Crippen molar-refractivity contribution in [1.82, 2.24) is 25.2 Å². The molecule has 1 fully saturated rings. The van der Waals surface area contributed by atoms with Crippen molar-refractivity contribution in [3.05, 3.63) is 45.9 Å². The van der Waals surface area contributed by atoms with Crippen LogP contribution >= 0.6 is 0 Å². The number of H-pyrrole nitrogens is 2. The van der Waals surface area contributed by atoms with Crippen LogP contribution in [0.2, 0.25) is 0 Å². The minimum absolute atomic E-state index is 0.0911. The van der Waals surface area contributed by atoms with E-state index < -0.39 is 0 Å². The predicted octanol–water partition coefficient (Wildman–Crippen LogP) is 1.67. The molecule has 1 aromatic carbocycles. The molecule has 28 heavy (non-hydrogen) atoms. The molecule has 0 atom stereocenters. The molecule has 2 aromatic heterocycles. The second-order valence-electron chi connectivity index (χ2n) is 7.37. The lowest BCUT2D eigenvalue weighted by Crippen LogP contribution is -2.43. The van der Waals surface area contributed by atoms with Gasteiger partial charge in [0.05, 0.1) is 16.7 Å². The van der Waals surface area contributed by atoms with Gasteiger partial charge in [0.15, 0.2) is 0 Å². The van der Waals surface area contributed by atoms with Gasteiger partial charge in [-0.2, -0.15) is 0 Å². The highest BCUT2D eigenvalue weighted by Crippen LogP contribution is 2.32. The van der Waals surface area contributed by atoms with E-state index in [9.17, 15) is 9.59 Å². The summed E-state index contributed by atoms with van der Waals surface area (Å²) in [6, 6.07) is 5.94. The highest BCUT2D eigenvalue weighted by molar-refractivity contribution is 6.02. The van der Waals surface area contributed by atoms with Gasteiger partial charge in [-0.25, -0.2) is 4.98 Å². The molecule has 0 bridgehead atoms. The number of anilines is 1. The van der Waals surface area contributed by atoms with Crippen molar-refractivity contribution >= 4 is 22.6 Å². The Morgan fingerprint density at radius 1 is 1.21 bits per heavy atom. The van der Waals surface area contributed by atoms with Crippen LogP contribution in [-0.2, 0) is 6.54 Å². The molecule has 2 aliphatic heterocycles. The number of imidazole rings is 1. The van der Waals surface area contributed by atoms with Gasteiger partial charge in [0.2, 0.25) is 0 Å². The van der Waals surface area contributed by atoms with Gasteiger partial charge in [-0.05, 0) is 49.7 Å². The fraction of sp³-hybridized carbons (Fsp3) is 0.350. The third kappa shape index (κ3) is 2.60. The first-order valence-electron chi connectivity index (χ1n) is 9.60. The Balaban J connectivity index is 1.54. The number of carbonyl (C=O) groups is 1. The number of fused-ring (bicyclic) bond motifs is 2. The number of hydrogen-bond donors (Lipinski definition) is 4. The summed E-state index contributed by atoms with van der Waals surface area (Å²) in [7, 11) is 1.77. The van der Waals surface area contributed by atoms with E-state index in [-0.39, 0.29) is 11.5 Å². The number of nitrogens with one attached hydrogen (secondary N) is 4. The number of aromatic amines is 2. The summed E-state index contributed by atoms with van der Waals surface area (Å²) in [6.45, 7) is 2.54. The quantitative estimate of drug-likeness (QED) is 0.555. The van der Waals surface area contributed by atoms with Gasteiger partial charge in [0.1, 0.15) is 11.4 Å². The summed E-state index contributed by atoms with van der Waals surface area (Å²) in [5.74, 6) is 0.584. The summed E-state index contributed by atoms with van der Waals surface area (Å²) in [4.78, 5) is 37.8. The number of pyridine rings is 1. The Kier molecular flexibility index (Phi) is 3.94. The van der Waals surface area contributed by atoms with E-state index in [0.29, 0.717) is 29.7 Å². The summed E-state index contributed by atoms with van der Waals surface area (Å²) in [6.07, 6.45) is 3.58. The van der Waals surface area contributed by atoms with Crippen LogP contribution in [0, 0.1) is 0 Å². The van der Waals surface area contributed by atoms with Crippen LogP contribution in [0.3, 0.4) is 0 Å². The Morgan fingerprint density at radius 3 is 2.82 bits per heavy atom. The lowest BCUT2D eigenvalue weighted by molar-refractivity contribution is 0.0668. The zero-order chi connectivity index (χ0) is 19.3. The molecule has 0 spiro atoms. The van der Waals surface area contributed by atoms with Crippen molar-refractivity contribution in [3.63, 3.8) is 0 Å². The second kappa shape index (κ2) is 6.49. The first kappa shape index (κ1) is 17.0. The monoisotopic (exact) mass is 378 g/mol. The number of benzene rings is 1. The molecule has 0 saturated carbocycles. The number of piperidine rings is 1. The van der Waals surface area contributed by atoms with Crippen molar-refractivity contribution in [3.8, 4) is 11.4 Å². The molecule has 5 rings (SSSR count). The van der Waals surface area contributed by atoms with Crippen molar-refractivity contribution in [2.45, 2.75) is 25.4 Å². The third-order valence-corrected chi connectivity index (χ3v) is 5.76. The van der Waals surface area contributed by atoms with Crippen molar-refractivity contribution in [2.75, 3.05) is 25.5 Å². The van der Waals surface area contributed by atoms with Crippen LogP contribution in [-0.4, -0.2) is 51.9 Å². The van der Waals surface area contributed by atoms with E-state index in [0.717, 1.165) is 48.1 Å². The van der Waals surface area contributed by atoms with Crippen LogP contribution in [0.15, 0.2) is 29.2 Å².